The van der Waals surface area contributed by atoms with Crippen molar-refractivity contribution in [3.8, 4) is 0 Å². The van der Waals surface area contributed by atoms with E-state index >= 15 is 0 Å². The van der Waals surface area contributed by atoms with E-state index in [-0.39, 0.29) is 5.92 Å². The molecule has 2 nitrogen and oxygen atoms in total. The fourth-order valence-electron chi connectivity index (χ4n) is 3.28. The van der Waals surface area contributed by atoms with Crippen molar-refractivity contribution in [3.05, 3.63) is 59.7 Å². The molecule has 0 saturated heterocycles. The second kappa shape index (κ2) is 9.55. The average molecular weight is 344 g/mol. The van der Waals surface area contributed by atoms with E-state index in [0.29, 0.717) is 12.2 Å². The minimum absolute atomic E-state index is 0.167. The first-order valence-corrected chi connectivity index (χ1v) is 9.34. The van der Waals surface area contributed by atoms with Crippen LogP contribution >= 0.6 is 0 Å². The summed E-state index contributed by atoms with van der Waals surface area (Å²) in [6, 6.07) is 10.5. The van der Waals surface area contributed by atoms with Crippen molar-refractivity contribution >= 4 is 5.97 Å². The summed E-state index contributed by atoms with van der Waals surface area (Å²) in [5.41, 5.74) is 0.220. The molecule has 0 fully saturated rings. The summed E-state index contributed by atoms with van der Waals surface area (Å²) in [6.45, 7) is 3.61. The quantitative estimate of drug-likeness (QED) is 0.431. The molecule has 0 heterocycles. The van der Waals surface area contributed by atoms with Crippen LogP contribution in [0.1, 0.15) is 51.5 Å². The van der Waals surface area contributed by atoms with E-state index in [9.17, 15) is 9.18 Å². The Bertz CT molecular complexity index is 602. The number of carbonyl (C=O) groups is 1. The molecule has 1 aliphatic rings. The van der Waals surface area contributed by atoms with Crippen molar-refractivity contribution in [1.29, 1.82) is 0 Å². The van der Waals surface area contributed by atoms with Gasteiger partial charge in [-0.2, -0.15) is 0 Å². The Hall–Kier alpha value is -1.90. The number of alkyl halides is 1. The molecular formula is C22H29FO2. The zero-order valence-electron chi connectivity index (χ0n) is 15.3. The molecule has 0 N–H and O–H groups in total. The molecule has 2 rings (SSSR count). The second-order valence-corrected chi connectivity index (χ2v) is 6.88. The van der Waals surface area contributed by atoms with E-state index in [4.69, 9.17) is 4.74 Å². The van der Waals surface area contributed by atoms with Gasteiger partial charge in [-0.15, -0.1) is 0 Å². The fourth-order valence-corrected chi connectivity index (χ4v) is 3.28. The molecule has 25 heavy (non-hydrogen) atoms. The maximum Gasteiger partial charge on any atom is 0.337 e. The van der Waals surface area contributed by atoms with Crippen molar-refractivity contribution in [2.24, 2.45) is 5.92 Å². The lowest BCUT2D eigenvalue weighted by molar-refractivity contribution is -0.138. The molecule has 1 aromatic rings. The number of hydrogen-bond donors (Lipinski definition) is 0. The Balaban J connectivity index is 1.69. The van der Waals surface area contributed by atoms with Gasteiger partial charge in [0.25, 0.3) is 0 Å². The molecule has 136 valence electrons. The highest BCUT2D eigenvalue weighted by molar-refractivity contribution is 5.92. The first-order valence-electron chi connectivity index (χ1n) is 9.34. The van der Waals surface area contributed by atoms with Gasteiger partial charge in [-0.05, 0) is 44.7 Å². The summed E-state index contributed by atoms with van der Waals surface area (Å²) in [7, 11) is 0. The highest BCUT2D eigenvalue weighted by Crippen LogP contribution is 2.34. The third-order valence-electron chi connectivity index (χ3n) is 4.76. The maximum atomic E-state index is 14.8. The maximum absolute atomic E-state index is 14.8. The van der Waals surface area contributed by atoms with Crippen LogP contribution in [0.4, 0.5) is 4.39 Å². The summed E-state index contributed by atoms with van der Waals surface area (Å²) in [4.78, 5) is 11.7. The normalized spacial score (nSPS) is 22.5. The van der Waals surface area contributed by atoms with Gasteiger partial charge in [0.05, 0.1) is 12.2 Å². The number of ether oxygens (including phenoxy) is 1. The summed E-state index contributed by atoms with van der Waals surface area (Å²) in [5.74, 6) is -0.609. The van der Waals surface area contributed by atoms with Gasteiger partial charge in [-0.1, -0.05) is 61.7 Å². The molecule has 0 bridgehead atoms. The number of aryl methyl sites for hydroxylation is 1. The van der Waals surface area contributed by atoms with Crippen LogP contribution in [-0.2, 0) is 16.0 Å². The number of carbonyl (C=O) groups excluding carboxylic acids is 1. The van der Waals surface area contributed by atoms with Crippen LogP contribution in [0.25, 0.3) is 0 Å². The van der Waals surface area contributed by atoms with Gasteiger partial charge >= 0.3 is 5.97 Å². The van der Waals surface area contributed by atoms with Crippen molar-refractivity contribution in [2.45, 2.75) is 58.0 Å². The molecule has 0 spiro atoms. The predicted octanol–water partition coefficient (Wildman–Crippen LogP) is 5.58. The fraction of sp³-hybridized carbons (Fsp3) is 0.500. The Labute approximate surface area is 150 Å². The molecule has 0 amide bonds. The largest absolute Gasteiger partial charge is 0.462 e. The molecule has 2 atom stereocenters. The van der Waals surface area contributed by atoms with Crippen LogP contribution in [0, 0.1) is 5.92 Å². The van der Waals surface area contributed by atoms with E-state index in [0.717, 1.165) is 32.1 Å². The van der Waals surface area contributed by atoms with Gasteiger partial charge in [0.15, 0.2) is 0 Å². The van der Waals surface area contributed by atoms with Crippen LogP contribution in [0.5, 0.6) is 0 Å². The highest BCUT2D eigenvalue weighted by Gasteiger charge is 2.34. The van der Waals surface area contributed by atoms with Crippen molar-refractivity contribution in [2.75, 3.05) is 6.61 Å². The molecular weight excluding hydrogens is 315 g/mol. The predicted molar refractivity (Wildman–Crippen MR) is 100 cm³/mol. The lowest BCUT2D eigenvalue weighted by Gasteiger charge is -2.29. The Morgan fingerprint density at radius 1 is 1.16 bits per heavy atom. The van der Waals surface area contributed by atoms with Crippen molar-refractivity contribution in [3.63, 3.8) is 0 Å². The summed E-state index contributed by atoms with van der Waals surface area (Å²) >= 11 is 0. The van der Waals surface area contributed by atoms with Gasteiger partial charge in [0.1, 0.15) is 5.67 Å². The first-order chi connectivity index (χ1) is 12.0. The Morgan fingerprint density at radius 3 is 2.56 bits per heavy atom. The number of hydrogen-bond acceptors (Lipinski definition) is 2. The average Bonchev–Trinajstić information content (AvgIpc) is 2.59. The molecule has 0 aromatic heterocycles. The number of rotatable bonds is 9. The molecule has 0 radical (unpaired) electrons. The SMILES string of the molecule is CCOC(=O)C1=CC(C)(F)C(CCCCCCc2ccccc2)C=C1. The van der Waals surface area contributed by atoms with Crippen LogP contribution < -0.4 is 0 Å². The number of allylic oxidation sites excluding steroid dienone is 2. The van der Waals surface area contributed by atoms with E-state index in [1.807, 2.05) is 12.1 Å². The van der Waals surface area contributed by atoms with E-state index in [1.54, 1.807) is 19.9 Å². The summed E-state index contributed by atoms with van der Waals surface area (Å²) in [6.07, 6.45) is 11.3. The monoisotopic (exact) mass is 344 g/mol. The van der Waals surface area contributed by atoms with Gasteiger partial charge in [-0.25, -0.2) is 9.18 Å². The minimum atomic E-state index is -1.49. The highest BCUT2D eigenvalue weighted by atomic mass is 19.1. The summed E-state index contributed by atoms with van der Waals surface area (Å²) in [5, 5.41) is 0. The molecule has 1 aromatic carbocycles. The third-order valence-corrected chi connectivity index (χ3v) is 4.76. The standard InChI is InChI=1S/C22H29FO2/c1-3-25-21(24)19-15-16-20(22(2,23)17-19)14-10-5-4-7-11-18-12-8-6-9-13-18/h6,8-9,12-13,15-17,20H,3-5,7,10-11,14H2,1-2H3. The van der Waals surface area contributed by atoms with Crippen molar-refractivity contribution < 1.29 is 13.9 Å². The summed E-state index contributed by atoms with van der Waals surface area (Å²) < 4.78 is 19.8. The van der Waals surface area contributed by atoms with Crippen LogP contribution in [-0.4, -0.2) is 18.2 Å². The lowest BCUT2D eigenvalue weighted by Crippen LogP contribution is -2.30. The third kappa shape index (κ3) is 6.15. The van der Waals surface area contributed by atoms with E-state index in [1.165, 1.54) is 18.1 Å². The van der Waals surface area contributed by atoms with Gasteiger partial charge in [0.2, 0.25) is 0 Å². The lowest BCUT2D eigenvalue weighted by atomic mass is 9.81. The zero-order chi connectivity index (χ0) is 18.1. The Morgan fingerprint density at radius 2 is 1.88 bits per heavy atom. The van der Waals surface area contributed by atoms with Gasteiger partial charge in [-0.3, -0.25) is 0 Å². The van der Waals surface area contributed by atoms with Crippen LogP contribution in [0.2, 0.25) is 0 Å². The smallest absolute Gasteiger partial charge is 0.337 e. The minimum Gasteiger partial charge on any atom is -0.462 e. The van der Waals surface area contributed by atoms with Crippen LogP contribution in [0.3, 0.4) is 0 Å². The molecule has 2 unspecified atom stereocenters. The van der Waals surface area contributed by atoms with Crippen LogP contribution in [0.15, 0.2) is 54.1 Å². The molecule has 0 saturated carbocycles. The van der Waals surface area contributed by atoms with Gasteiger partial charge < -0.3 is 4.74 Å². The molecule has 3 heteroatoms. The van der Waals surface area contributed by atoms with E-state index < -0.39 is 11.6 Å². The Kier molecular flexibility index (Phi) is 7.42. The second-order valence-electron chi connectivity index (χ2n) is 6.88. The number of benzene rings is 1. The topological polar surface area (TPSA) is 26.3 Å². The molecule has 0 aliphatic heterocycles. The van der Waals surface area contributed by atoms with E-state index in [2.05, 4.69) is 24.3 Å². The number of unbranched alkanes of at least 4 members (excludes halogenated alkanes) is 3. The van der Waals surface area contributed by atoms with Gasteiger partial charge in [0, 0.05) is 5.92 Å². The number of esters is 1. The number of halogens is 1. The zero-order valence-corrected chi connectivity index (χ0v) is 15.3. The molecule has 1 aliphatic carbocycles. The van der Waals surface area contributed by atoms with Crippen molar-refractivity contribution in [1.82, 2.24) is 0 Å². The first kappa shape index (κ1) is 19.4.